The zero-order valence-electron chi connectivity index (χ0n) is 13.5. The van der Waals surface area contributed by atoms with Crippen LogP contribution in [0, 0.1) is 6.92 Å². The van der Waals surface area contributed by atoms with Gasteiger partial charge in [0.1, 0.15) is 0 Å². The maximum absolute atomic E-state index is 5.38. The van der Waals surface area contributed by atoms with Gasteiger partial charge < -0.3 is 15.5 Å². The van der Waals surface area contributed by atoms with Crippen LogP contribution in [0.3, 0.4) is 0 Å². The quantitative estimate of drug-likeness (QED) is 0.793. The summed E-state index contributed by atoms with van der Waals surface area (Å²) in [5.74, 6) is 0. The third-order valence-electron chi connectivity index (χ3n) is 4.16. The van der Waals surface area contributed by atoms with Crippen molar-refractivity contribution in [2.45, 2.75) is 26.2 Å². The molecule has 1 aliphatic rings. The van der Waals surface area contributed by atoms with Crippen LogP contribution < -0.4 is 15.5 Å². The molecule has 3 nitrogen and oxygen atoms in total. The number of hydrogen-bond donors (Lipinski definition) is 2. The van der Waals surface area contributed by atoms with Crippen LogP contribution in [0.1, 0.15) is 24.8 Å². The molecule has 0 atom stereocenters. The number of nitrogens with one attached hydrogen (secondary N) is 2. The van der Waals surface area contributed by atoms with E-state index in [0.29, 0.717) is 5.11 Å². The molecule has 0 amide bonds. The third kappa shape index (κ3) is 4.45. The molecule has 1 fully saturated rings. The number of aryl methyl sites for hydroxylation is 1. The zero-order valence-corrected chi connectivity index (χ0v) is 14.3. The highest BCUT2D eigenvalue weighted by Gasteiger charge is 2.10. The number of benzene rings is 2. The molecule has 4 heteroatoms. The van der Waals surface area contributed by atoms with Crippen LogP contribution >= 0.6 is 12.2 Å². The van der Waals surface area contributed by atoms with Crippen LogP contribution in [0.25, 0.3) is 0 Å². The Morgan fingerprint density at radius 3 is 1.91 bits per heavy atom. The number of anilines is 3. The molecule has 2 aromatic rings. The van der Waals surface area contributed by atoms with Crippen LogP contribution in [0.5, 0.6) is 0 Å². The predicted octanol–water partition coefficient (Wildman–Crippen LogP) is 4.79. The number of nitrogens with zero attached hydrogens (tertiary/aromatic N) is 1. The molecule has 120 valence electrons. The van der Waals surface area contributed by atoms with Crippen molar-refractivity contribution in [1.82, 2.24) is 0 Å². The highest BCUT2D eigenvalue weighted by atomic mass is 32.1. The summed E-state index contributed by atoms with van der Waals surface area (Å²) in [4.78, 5) is 2.45. The Kier molecular flexibility index (Phi) is 5.13. The maximum Gasteiger partial charge on any atom is 0.175 e. The van der Waals surface area contributed by atoms with E-state index in [1.165, 1.54) is 43.6 Å². The molecule has 1 aliphatic heterocycles. The summed E-state index contributed by atoms with van der Waals surface area (Å²) in [6.07, 6.45) is 3.95. The Balaban J connectivity index is 1.57. The lowest BCUT2D eigenvalue weighted by molar-refractivity contribution is 0.578. The average molecular weight is 325 g/mol. The Hall–Kier alpha value is -2.07. The van der Waals surface area contributed by atoms with Gasteiger partial charge in [-0.25, -0.2) is 0 Å². The van der Waals surface area contributed by atoms with E-state index >= 15 is 0 Å². The summed E-state index contributed by atoms with van der Waals surface area (Å²) in [6.45, 7) is 4.41. The molecular weight excluding hydrogens is 302 g/mol. The molecule has 2 aromatic carbocycles. The average Bonchev–Trinajstić information content (AvgIpc) is 2.58. The minimum absolute atomic E-state index is 0.611. The SMILES string of the molecule is Cc1ccc(NC(=S)Nc2ccc(N3CCCCC3)cc2)cc1. The van der Waals surface area contributed by atoms with Gasteiger partial charge in [0.15, 0.2) is 5.11 Å². The first-order valence-electron chi connectivity index (χ1n) is 8.20. The van der Waals surface area contributed by atoms with Crippen LogP contribution in [0.15, 0.2) is 48.5 Å². The van der Waals surface area contributed by atoms with Gasteiger partial charge in [-0.05, 0) is 74.8 Å². The van der Waals surface area contributed by atoms with Gasteiger partial charge >= 0.3 is 0 Å². The molecule has 0 aliphatic carbocycles. The van der Waals surface area contributed by atoms with E-state index in [0.717, 1.165) is 11.4 Å². The van der Waals surface area contributed by atoms with Gasteiger partial charge in [-0.3, -0.25) is 0 Å². The molecule has 1 heterocycles. The van der Waals surface area contributed by atoms with E-state index in [1.807, 2.05) is 12.1 Å². The topological polar surface area (TPSA) is 27.3 Å². The molecule has 0 saturated carbocycles. The van der Waals surface area contributed by atoms with Crippen molar-refractivity contribution in [1.29, 1.82) is 0 Å². The van der Waals surface area contributed by atoms with Crippen molar-refractivity contribution in [3.05, 3.63) is 54.1 Å². The second-order valence-electron chi connectivity index (χ2n) is 6.04. The second-order valence-corrected chi connectivity index (χ2v) is 6.45. The van der Waals surface area contributed by atoms with Crippen LogP contribution in [0.2, 0.25) is 0 Å². The van der Waals surface area contributed by atoms with Gasteiger partial charge in [-0.15, -0.1) is 0 Å². The van der Waals surface area contributed by atoms with Gasteiger partial charge in [0.2, 0.25) is 0 Å². The first kappa shape index (κ1) is 15.8. The monoisotopic (exact) mass is 325 g/mol. The molecule has 3 rings (SSSR count). The normalized spacial score (nSPS) is 14.4. The molecule has 0 spiro atoms. The summed E-state index contributed by atoms with van der Waals surface area (Å²) in [5, 5.41) is 7.05. The summed E-state index contributed by atoms with van der Waals surface area (Å²) in [5.41, 5.74) is 4.55. The Labute approximate surface area is 143 Å². The maximum atomic E-state index is 5.38. The molecular formula is C19H23N3S. The Bertz CT molecular complexity index is 643. The van der Waals surface area contributed by atoms with E-state index in [2.05, 4.69) is 58.9 Å². The lowest BCUT2D eigenvalue weighted by Crippen LogP contribution is -2.29. The molecule has 23 heavy (non-hydrogen) atoms. The minimum atomic E-state index is 0.611. The third-order valence-corrected chi connectivity index (χ3v) is 4.36. The van der Waals surface area contributed by atoms with Crippen molar-refractivity contribution < 1.29 is 0 Å². The molecule has 1 saturated heterocycles. The number of thiocarbonyl (C=S) groups is 1. The van der Waals surface area contributed by atoms with E-state index in [4.69, 9.17) is 12.2 Å². The molecule has 0 radical (unpaired) electrons. The van der Waals surface area contributed by atoms with E-state index in [-0.39, 0.29) is 0 Å². The first-order valence-corrected chi connectivity index (χ1v) is 8.61. The smallest absolute Gasteiger partial charge is 0.175 e. The summed E-state index contributed by atoms with van der Waals surface area (Å²) in [7, 11) is 0. The van der Waals surface area contributed by atoms with Gasteiger partial charge in [-0.1, -0.05) is 17.7 Å². The molecule has 2 N–H and O–H groups in total. The summed E-state index contributed by atoms with van der Waals surface area (Å²) in [6, 6.07) is 16.7. The van der Waals surface area contributed by atoms with Gasteiger partial charge in [-0.2, -0.15) is 0 Å². The Morgan fingerprint density at radius 1 is 0.826 bits per heavy atom. The van der Waals surface area contributed by atoms with Crippen molar-refractivity contribution in [3.8, 4) is 0 Å². The van der Waals surface area contributed by atoms with Crippen LogP contribution in [-0.4, -0.2) is 18.2 Å². The van der Waals surface area contributed by atoms with Gasteiger partial charge in [0, 0.05) is 30.2 Å². The van der Waals surface area contributed by atoms with E-state index in [1.54, 1.807) is 0 Å². The Morgan fingerprint density at radius 2 is 1.35 bits per heavy atom. The van der Waals surface area contributed by atoms with Crippen LogP contribution in [0.4, 0.5) is 17.1 Å². The lowest BCUT2D eigenvalue weighted by atomic mass is 10.1. The van der Waals surface area contributed by atoms with Crippen molar-refractivity contribution >= 4 is 34.4 Å². The predicted molar refractivity (Wildman–Crippen MR) is 104 cm³/mol. The van der Waals surface area contributed by atoms with Gasteiger partial charge in [0.05, 0.1) is 0 Å². The highest BCUT2D eigenvalue weighted by molar-refractivity contribution is 7.80. The zero-order chi connectivity index (χ0) is 16.1. The van der Waals surface area contributed by atoms with Crippen LogP contribution in [-0.2, 0) is 0 Å². The first-order chi connectivity index (χ1) is 11.2. The number of hydrogen-bond acceptors (Lipinski definition) is 2. The molecule has 0 bridgehead atoms. The fourth-order valence-corrected chi connectivity index (χ4v) is 3.07. The van der Waals surface area contributed by atoms with Crippen molar-refractivity contribution in [2.75, 3.05) is 28.6 Å². The summed E-state index contributed by atoms with van der Waals surface area (Å²) >= 11 is 5.38. The van der Waals surface area contributed by atoms with E-state index in [9.17, 15) is 0 Å². The molecule has 0 unspecified atom stereocenters. The van der Waals surface area contributed by atoms with E-state index < -0.39 is 0 Å². The fourth-order valence-electron chi connectivity index (χ4n) is 2.84. The minimum Gasteiger partial charge on any atom is -0.372 e. The highest BCUT2D eigenvalue weighted by Crippen LogP contribution is 2.22. The van der Waals surface area contributed by atoms with Crippen molar-refractivity contribution in [3.63, 3.8) is 0 Å². The van der Waals surface area contributed by atoms with Gasteiger partial charge in [0.25, 0.3) is 0 Å². The number of rotatable bonds is 3. The lowest BCUT2D eigenvalue weighted by Gasteiger charge is -2.28. The van der Waals surface area contributed by atoms with Crippen molar-refractivity contribution in [2.24, 2.45) is 0 Å². The molecule has 0 aromatic heterocycles. The number of piperidine rings is 1. The largest absolute Gasteiger partial charge is 0.372 e. The standard InChI is InChI=1S/C19H23N3S/c1-15-5-7-16(8-6-15)20-19(23)21-17-9-11-18(12-10-17)22-13-3-2-4-14-22/h5-12H,2-4,13-14H2,1H3,(H2,20,21,23). The fraction of sp³-hybridized carbons (Fsp3) is 0.316. The summed E-state index contributed by atoms with van der Waals surface area (Å²) < 4.78 is 0. The second kappa shape index (κ2) is 7.47.